The van der Waals surface area contributed by atoms with E-state index in [0.717, 1.165) is 37.1 Å². The number of carbonyl (C=O) groups is 1. The molecule has 0 radical (unpaired) electrons. The van der Waals surface area contributed by atoms with Crippen LogP contribution in [0.3, 0.4) is 0 Å². The number of pyridine rings is 1. The van der Waals surface area contributed by atoms with Crippen LogP contribution < -0.4 is 0 Å². The molecule has 2 fully saturated rings. The molecule has 1 aliphatic carbocycles. The van der Waals surface area contributed by atoms with Gasteiger partial charge in [-0.15, -0.1) is 0 Å². The summed E-state index contributed by atoms with van der Waals surface area (Å²) in [6.45, 7) is 0.903. The van der Waals surface area contributed by atoms with E-state index < -0.39 is 0 Å². The third-order valence-electron chi connectivity index (χ3n) is 5.07. The summed E-state index contributed by atoms with van der Waals surface area (Å²) >= 11 is 0. The summed E-state index contributed by atoms with van der Waals surface area (Å²) in [4.78, 5) is 19.8. The largest absolute Gasteiger partial charge is 0.396 e. The van der Waals surface area contributed by atoms with Crippen molar-refractivity contribution in [2.75, 3.05) is 13.2 Å². The van der Waals surface area contributed by atoms with Crippen molar-refractivity contribution < 1.29 is 9.90 Å². The lowest BCUT2D eigenvalue weighted by atomic mass is 9.99. The number of nitrogens with zero attached hydrogens (tertiary/aromatic N) is 3. The Bertz CT molecular complexity index is 718. The second kappa shape index (κ2) is 5.96. The van der Waals surface area contributed by atoms with Gasteiger partial charge in [0, 0.05) is 31.3 Å². The number of piperidine rings is 1. The Hall–Kier alpha value is -1.88. The SMILES string of the molecule is O=C(c1nc(C2CC2)n2ccccc12)N1CCCCC1CCO. The Labute approximate surface area is 135 Å². The molecule has 1 unspecified atom stereocenters. The van der Waals surface area contributed by atoms with E-state index >= 15 is 0 Å². The van der Waals surface area contributed by atoms with Gasteiger partial charge in [-0.25, -0.2) is 4.98 Å². The lowest BCUT2D eigenvalue weighted by Crippen LogP contribution is -2.44. The standard InChI is InChI=1S/C18H23N3O2/c22-12-9-14-5-1-3-10-20(14)18(23)16-15-6-2-4-11-21(15)17(19-16)13-7-8-13/h2,4,6,11,13-14,22H,1,3,5,7-10,12H2. The van der Waals surface area contributed by atoms with E-state index in [1.165, 1.54) is 12.8 Å². The Morgan fingerprint density at radius 3 is 2.91 bits per heavy atom. The van der Waals surface area contributed by atoms with E-state index in [-0.39, 0.29) is 18.6 Å². The third kappa shape index (κ3) is 2.63. The quantitative estimate of drug-likeness (QED) is 0.944. The Morgan fingerprint density at radius 2 is 2.13 bits per heavy atom. The van der Waals surface area contributed by atoms with Crippen LogP contribution in [0.25, 0.3) is 5.52 Å². The molecule has 122 valence electrons. The van der Waals surface area contributed by atoms with Crippen LogP contribution in [0.15, 0.2) is 24.4 Å². The lowest BCUT2D eigenvalue weighted by molar-refractivity contribution is 0.0571. The predicted molar refractivity (Wildman–Crippen MR) is 87.5 cm³/mol. The number of aliphatic hydroxyl groups is 1. The highest BCUT2D eigenvalue weighted by Gasteiger charge is 2.33. The van der Waals surface area contributed by atoms with Crippen LogP contribution in [0.2, 0.25) is 0 Å². The molecule has 0 bridgehead atoms. The van der Waals surface area contributed by atoms with Crippen LogP contribution in [0.4, 0.5) is 0 Å². The van der Waals surface area contributed by atoms with E-state index in [0.29, 0.717) is 18.0 Å². The summed E-state index contributed by atoms with van der Waals surface area (Å²) in [6, 6.07) is 6.08. The van der Waals surface area contributed by atoms with Crippen molar-refractivity contribution in [2.45, 2.75) is 50.5 Å². The van der Waals surface area contributed by atoms with Crippen molar-refractivity contribution in [1.82, 2.24) is 14.3 Å². The zero-order valence-electron chi connectivity index (χ0n) is 13.3. The highest BCUT2D eigenvalue weighted by Crippen LogP contribution is 2.40. The van der Waals surface area contributed by atoms with E-state index in [4.69, 9.17) is 4.98 Å². The van der Waals surface area contributed by atoms with Crippen LogP contribution >= 0.6 is 0 Å². The minimum absolute atomic E-state index is 0.0266. The Kier molecular flexibility index (Phi) is 3.81. The van der Waals surface area contributed by atoms with E-state index in [2.05, 4.69) is 4.40 Å². The van der Waals surface area contributed by atoms with Crippen LogP contribution in [-0.2, 0) is 0 Å². The first kappa shape index (κ1) is 14.7. The molecule has 3 heterocycles. The molecule has 2 aromatic rings. The van der Waals surface area contributed by atoms with Crippen molar-refractivity contribution in [1.29, 1.82) is 0 Å². The van der Waals surface area contributed by atoms with Crippen molar-refractivity contribution in [2.24, 2.45) is 0 Å². The molecule has 2 aliphatic rings. The molecular formula is C18H23N3O2. The van der Waals surface area contributed by atoms with Gasteiger partial charge >= 0.3 is 0 Å². The normalized spacial score (nSPS) is 21.8. The van der Waals surface area contributed by atoms with Gasteiger partial charge in [-0.05, 0) is 50.7 Å². The number of hydrogen-bond donors (Lipinski definition) is 1. The summed E-state index contributed by atoms with van der Waals surface area (Å²) in [5.74, 6) is 1.56. The average molecular weight is 313 g/mol. The van der Waals surface area contributed by atoms with Gasteiger partial charge in [0.15, 0.2) is 5.69 Å². The van der Waals surface area contributed by atoms with Crippen molar-refractivity contribution >= 4 is 11.4 Å². The summed E-state index contributed by atoms with van der Waals surface area (Å²) in [5, 5.41) is 9.29. The molecule has 5 nitrogen and oxygen atoms in total. The number of imidazole rings is 1. The molecule has 1 saturated carbocycles. The van der Waals surface area contributed by atoms with E-state index in [1.807, 2.05) is 29.3 Å². The molecule has 1 aliphatic heterocycles. The van der Waals surface area contributed by atoms with Gasteiger partial charge in [0.25, 0.3) is 5.91 Å². The molecule has 1 amide bonds. The van der Waals surface area contributed by atoms with Crippen LogP contribution in [0.1, 0.15) is 60.8 Å². The Morgan fingerprint density at radius 1 is 1.26 bits per heavy atom. The van der Waals surface area contributed by atoms with E-state index in [9.17, 15) is 9.90 Å². The second-order valence-electron chi connectivity index (χ2n) is 6.71. The van der Waals surface area contributed by atoms with Gasteiger partial charge in [0.2, 0.25) is 0 Å². The van der Waals surface area contributed by atoms with E-state index in [1.54, 1.807) is 0 Å². The topological polar surface area (TPSA) is 57.8 Å². The van der Waals surface area contributed by atoms with Crippen molar-refractivity contribution in [3.05, 3.63) is 35.9 Å². The molecular weight excluding hydrogens is 290 g/mol. The fourth-order valence-electron chi connectivity index (χ4n) is 3.70. The molecule has 0 spiro atoms. The Balaban J connectivity index is 1.71. The van der Waals surface area contributed by atoms with Gasteiger partial charge < -0.3 is 14.4 Å². The number of rotatable bonds is 4. The van der Waals surface area contributed by atoms with Crippen LogP contribution in [-0.4, -0.2) is 44.5 Å². The van der Waals surface area contributed by atoms with Gasteiger partial charge in [-0.2, -0.15) is 0 Å². The first-order chi connectivity index (χ1) is 11.3. The molecule has 1 atom stereocenters. The molecule has 2 aromatic heterocycles. The smallest absolute Gasteiger partial charge is 0.274 e. The minimum Gasteiger partial charge on any atom is -0.396 e. The second-order valence-corrected chi connectivity index (χ2v) is 6.71. The summed E-state index contributed by atoms with van der Waals surface area (Å²) in [5.41, 5.74) is 1.49. The molecule has 23 heavy (non-hydrogen) atoms. The highest BCUT2D eigenvalue weighted by molar-refractivity contribution is 5.99. The fourth-order valence-corrected chi connectivity index (χ4v) is 3.70. The molecule has 1 saturated heterocycles. The maximum absolute atomic E-state index is 13.1. The number of amides is 1. The number of fused-ring (bicyclic) bond motifs is 1. The van der Waals surface area contributed by atoms with Gasteiger partial charge in [-0.3, -0.25) is 4.79 Å². The maximum Gasteiger partial charge on any atom is 0.274 e. The highest BCUT2D eigenvalue weighted by atomic mass is 16.3. The average Bonchev–Trinajstić information content (AvgIpc) is 3.36. The van der Waals surface area contributed by atoms with Crippen molar-refractivity contribution in [3.63, 3.8) is 0 Å². The monoisotopic (exact) mass is 313 g/mol. The van der Waals surface area contributed by atoms with Gasteiger partial charge in [0.1, 0.15) is 5.82 Å². The molecule has 0 aromatic carbocycles. The lowest BCUT2D eigenvalue weighted by Gasteiger charge is -2.35. The number of hydrogen-bond acceptors (Lipinski definition) is 3. The van der Waals surface area contributed by atoms with Gasteiger partial charge in [0.05, 0.1) is 5.52 Å². The molecule has 1 N–H and O–H groups in total. The fraction of sp³-hybridized carbons (Fsp3) is 0.556. The van der Waals surface area contributed by atoms with Crippen LogP contribution in [0, 0.1) is 0 Å². The maximum atomic E-state index is 13.1. The first-order valence-electron chi connectivity index (χ1n) is 8.68. The summed E-state index contributed by atoms with van der Waals surface area (Å²) in [7, 11) is 0. The molecule has 4 rings (SSSR count). The zero-order chi connectivity index (χ0) is 15.8. The summed E-state index contributed by atoms with van der Waals surface area (Å²) < 4.78 is 2.08. The number of aromatic nitrogens is 2. The third-order valence-corrected chi connectivity index (χ3v) is 5.07. The summed E-state index contributed by atoms with van der Waals surface area (Å²) in [6.07, 6.45) is 8.15. The predicted octanol–water partition coefficient (Wildman–Crippen LogP) is 2.59. The van der Waals surface area contributed by atoms with Crippen molar-refractivity contribution in [3.8, 4) is 0 Å². The first-order valence-corrected chi connectivity index (χ1v) is 8.68. The number of aliphatic hydroxyl groups excluding tert-OH is 1. The van der Waals surface area contributed by atoms with Crippen LogP contribution in [0.5, 0.6) is 0 Å². The number of likely N-dealkylation sites (tertiary alicyclic amines) is 1. The van der Waals surface area contributed by atoms with Gasteiger partial charge in [-0.1, -0.05) is 6.07 Å². The zero-order valence-corrected chi connectivity index (χ0v) is 13.3. The number of carbonyl (C=O) groups excluding carboxylic acids is 1. The molecule has 5 heteroatoms. The minimum atomic E-state index is 0.0266.